The van der Waals surface area contributed by atoms with Crippen LogP contribution in [0, 0.1) is 0 Å². The number of rotatable bonds is 21. The fourth-order valence-electron chi connectivity index (χ4n) is 3.60. The number of carbonyl (C=O) groups is 2. The maximum absolute atomic E-state index is 12.0. The van der Waals surface area contributed by atoms with Crippen molar-refractivity contribution in [3.05, 3.63) is 0 Å². The van der Waals surface area contributed by atoms with Crippen LogP contribution >= 0.6 is 0 Å². The van der Waals surface area contributed by atoms with Crippen molar-refractivity contribution in [1.82, 2.24) is 10.6 Å². The zero-order chi connectivity index (χ0) is 21.6. The highest BCUT2D eigenvalue weighted by molar-refractivity contribution is 5.86. The molecule has 0 aromatic heterocycles. The summed E-state index contributed by atoms with van der Waals surface area (Å²) in [6, 6.07) is -0.599. The minimum Gasteiger partial charge on any atom is -0.382 e. The van der Waals surface area contributed by atoms with E-state index in [9.17, 15) is 9.59 Å². The molecule has 0 aliphatic carbocycles. The van der Waals surface area contributed by atoms with Gasteiger partial charge >= 0.3 is 0 Å². The molecule has 0 aliphatic heterocycles. The van der Waals surface area contributed by atoms with E-state index in [0.29, 0.717) is 6.54 Å². The highest BCUT2D eigenvalue weighted by Crippen LogP contribution is 2.13. The second-order valence-electron chi connectivity index (χ2n) is 8.30. The topological polar surface area (TPSA) is 67.4 Å². The van der Waals surface area contributed by atoms with Gasteiger partial charge in [-0.15, -0.1) is 0 Å². The standard InChI is InChI=1S/C24H48N2O3/c1-4-5-6-7-8-9-10-11-12-13-14-15-16-17-18-19-20-25-24(28)23(21-29-3)26-22(2)27/h23H,4-21H2,1-3H3,(H,25,28)(H,26,27)/t23-/m1/s1. The van der Waals surface area contributed by atoms with Crippen LogP contribution < -0.4 is 10.6 Å². The van der Waals surface area contributed by atoms with Crippen LogP contribution in [-0.4, -0.2) is 38.1 Å². The lowest BCUT2D eigenvalue weighted by molar-refractivity contribution is -0.129. The first-order valence-corrected chi connectivity index (χ1v) is 12.2. The highest BCUT2D eigenvalue weighted by Gasteiger charge is 2.18. The summed E-state index contributed by atoms with van der Waals surface area (Å²) in [4.78, 5) is 23.1. The first kappa shape index (κ1) is 27.9. The summed E-state index contributed by atoms with van der Waals surface area (Å²) in [7, 11) is 1.53. The summed E-state index contributed by atoms with van der Waals surface area (Å²) in [5.74, 6) is -0.382. The van der Waals surface area contributed by atoms with Gasteiger partial charge in [-0.2, -0.15) is 0 Å². The summed E-state index contributed by atoms with van der Waals surface area (Å²) in [5, 5.41) is 5.50. The average molecular weight is 413 g/mol. The largest absolute Gasteiger partial charge is 0.382 e. The number of hydrogen-bond donors (Lipinski definition) is 2. The van der Waals surface area contributed by atoms with Crippen LogP contribution in [0.2, 0.25) is 0 Å². The molecule has 0 unspecified atom stereocenters. The fourth-order valence-corrected chi connectivity index (χ4v) is 3.60. The smallest absolute Gasteiger partial charge is 0.244 e. The Labute approximate surface area is 180 Å². The molecular formula is C24H48N2O3. The minimum absolute atomic E-state index is 0.164. The number of methoxy groups -OCH3 is 1. The Kier molecular flexibility index (Phi) is 20.8. The summed E-state index contributed by atoms with van der Waals surface area (Å²) in [5.41, 5.74) is 0. The molecule has 0 heterocycles. The van der Waals surface area contributed by atoms with Gasteiger partial charge in [0.15, 0.2) is 0 Å². The van der Waals surface area contributed by atoms with Crippen LogP contribution in [0.1, 0.15) is 117 Å². The van der Waals surface area contributed by atoms with E-state index in [2.05, 4.69) is 17.6 Å². The number of unbranched alkanes of at least 4 members (excludes halogenated alkanes) is 15. The summed E-state index contributed by atoms with van der Waals surface area (Å²) in [6.45, 7) is 4.55. The monoisotopic (exact) mass is 412 g/mol. The Balaban J connectivity index is 3.34. The maximum Gasteiger partial charge on any atom is 0.244 e. The van der Waals surface area contributed by atoms with Crippen LogP contribution in [-0.2, 0) is 14.3 Å². The van der Waals surface area contributed by atoms with E-state index in [1.807, 2.05) is 0 Å². The normalized spacial score (nSPS) is 12.0. The van der Waals surface area contributed by atoms with Crippen molar-refractivity contribution in [1.29, 1.82) is 0 Å². The van der Waals surface area contributed by atoms with Crippen LogP contribution in [0.5, 0.6) is 0 Å². The number of hydrogen-bond acceptors (Lipinski definition) is 3. The highest BCUT2D eigenvalue weighted by atomic mass is 16.5. The Morgan fingerprint density at radius 2 is 1.14 bits per heavy atom. The number of nitrogens with one attached hydrogen (secondary N) is 2. The molecule has 0 aromatic rings. The van der Waals surface area contributed by atoms with Crippen molar-refractivity contribution in [3.8, 4) is 0 Å². The van der Waals surface area contributed by atoms with Gasteiger partial charge in [-0.3, -0.25) is 9.59 Å². The number of ether oxygens (including phenoxy) is 1. The van der Waals surface area contributed by atoms with Gasteiger partial charge in [-0.1, -0.05) is 103 Å². The quantitative estimate of drug-likeness (QED) is 0.244. The van der Waals surface area contributed by atoms with Gasteiger partial charge < -0.3 is 15.4 Å². The maximum atomic E-state index is 12.0. The summed E-state index contributed by atoms with van der Waals surface area (Å²) in [6.07, 6.45) is 21.4. The molecule has 0 spiro atoms. The van der Waals surface area contributed by atoms with Crippen molar-refractivity contribution in [2.45, 2.75) is 123 Å². The molecular weight excluding hydrogens is 364 g/mol. The fraction of sp³-hybridized carbons (Fsp3) is 0.917. The molecule has 29 heavy (non-hydrogen) atoms. The van der Waals surface area contributed by atoms with Gasteiger partial charge in [-0.05, 0) is 6.42 Å². The van der Waals surface area contributed by atoms with E-state index in [0.717, 1.165) is 12.8 Å². The minimum atomic E-state index is -0.599. The van der Waals surface area contributed by atoms with Crippen molar-refractivity contribution in [3.63, 3.8) is 0 Å². The SMILES string of the molecule is CCCCCCCCCCCCCCCCCCNC(=O)[C@@H](COC)NC(C)=O. The predicted octanol–water partition coefficient (Wildman–Crippen LogP) is 5.52. The third-order valence-electron chi connectivity index (χ3n) is 5.36. The van der Waals surface area contributed by atoms with Crippen LogP contribution in [0.3, 0.4) is 0 Å². The lowest BCUT2D eigenvalue weighted by atomic mass is 10.0. The molecule has 0 bridgehead atoms. The van der Waals surface area contributed by atoms with E-state index < -0.39 is 6.04 Å². The Morgan fingerprint density at radius 3 is 1.52 bits per heavy atom. The van der Waals surface area contributed by atoms with Gasteiger partial charge in [0, 0.05) is 20.6 Å². The van der Waals surface area contributed by atoms with E-state index in [1.54, 1.807) is 0 Å². The molecule has 0 aromatic carbocycles. The molecule has 5 nitrogen and oxygen atoms in total. The second kappa shape index (κ2) is 21.6. The van der Waals surface area contributed by atoms with Crippen LogP contribution in [0.25, 0.3) is 0 Å². The summed E-state index contributed by atoms with van der Waals surface area (Å²) >= 11 is 0. The molecule has 1 atom stereocenters. The lowest BCUT2D eigenvalue weighted by Crippen LogP contribution is -2.48. The predicted molar refractivity (Wildman–Crippen MR) is 122 cm³/mol. The average Bonchev–Trinajstić information content (AvgIpc) is 2.69. The van der Waals surface area contributed by atoms with Crippen molar-refractivity contribution in [2.75, 3.05) is 20.3 Å². The molecule has 0 saturated heterocycles. The van der Waals surface area contributed by atoms with Crippen LogP contribution in [0.4, 0.5) is 0 Å². The molecule has 0 fully saturated rings. The van der Waals surface area contributed by atoms with Crippen molar-refractivity contribution >= 4 is 11.8 Å². The third kappa shape index (κ3) is 20.0. The van der Waals surface area contributed by atoms with E-state index in [-0.39, 0.29) is 18.4 Å². The molecule has 5 heteroatoms. The van der Waals surface area contributed by atoms with Gasteiger partial charge in [0.05, 0.1) is 6.61 Å². The van der Waals surface area contributed by atoms with Crippen LogP contribution in [0.15, 0.2) is 0 Å². The molecule has 0 rings (SSSR count). The lowest BCUT2D eigenvalue weighted by Gasteiger charge is -2.16. The molecule has 2 amide bonds. The summed E-state index contributed by atoms with van der Waals surface area (Å²) < 4.78 is 4.99. The Hall–Kier alpha value is -1.10. The van der Waals surface area contributed by atoms with Gasteiger partial charge in [-0.25, -0.2) is 0 Å². The zero-order valence-electron chi connectivity index (χ0n) is 19.5. The van der Waals surface area contributed by atoms with Crippen molar-refractivity contribution < 1.29 is 14.3 Å². The van der Waals surface area contributed by atoms with E-state index in [4.69, 9.17) is 4.74 Å². The Morgan fingerprint density at radius 1 is 0.724 bits per heavy atom. The first-order chi connectivity index (χ1) is 14.1. The molecule has 0 aliphatic rings. The van der Waals surface area contributed by atoms with Gasteiger partial charge in [0.1, 0.15) is 6.04 Å². The Bertz CT molecular complexity index is 388. The number of carbonyl (C=O) groups excluding carboxylic acids is 2. The van der Waals surface area contributed by atoms with E-state index in [1.165, 1.54) is 104 Å². The second-order valence-corrected chi connectivity index (χ2v) is 8.30. The van der Waals surface area contributed by atoms with E-state index >= 15 is 0 Å². The van der Waals surface area contributed by atoms with Gasteiger partial charge in [0.2, 0.25) is 11.8 Å². The molecule has 2 N–H and O–H groups in total. The zero-order valence-corrected chi connectivity index (χ0v) is 19.5. The molecule has 0 radical (unpaired) electrons. The first-order valence-electron chi connectivity index (χ1n) is 12.2. The molecule has 172 valence electrons. The number of amides is 2. The third-order valence-corrected chi connectivity index (χ3v) is 5.36. The van der Waals surface area contributed by atoms with Crippen molar-refractivity contribution in [2.24, 2.45) is 0 Å². The van der Waals surface area contributed by atoms with Gasteiger partial charge in [0.25, 0.3) is 0 Å². The molecule has 0 saturated carbocycles.